The molecule has 2 N–H and O–H groups in total. The molecule has 64 valence electrons. The quantitative estimate of drug-likeness (QED) is 0.631. The monoisotopic (exact) mass is 164 g/mol. The van der Waals surface area contributed by atoms with E-state index in [1.165, 1.54) is 0 Å². The molecule has 1 saturated heterocycles. The highest BCUT2D eigenvalue weighted by Gasteiger charge is 2.11. The second-order valence-electron chi connectivity index (χ2n) is 2.90. The molecule has 3 nitrogen and oxygen atoms in total. The Morgan fingerprint density at radius 3 is 3.00 bits per heavy atom. The molecule has 1 aromatic carbocycles. The molecule has 12 heavy (non-hydrogen) atoms. The van der Waals surface area contributed by atoms with Gasteiger partial charge in [-0.1, -0.05) is 6.07 Å². The van der Waals surface area contributed by atoms with Crippen LogP contribution in [0.25, 0.3) is 0 Å². The van der Waals surface area contributed by atoms with Gasteiger partial charge in [-0.25, -0.2) is 0 Å². The van der Waals surface area contributed by atoms with Crippen molar-refractivity contribution in [2.24, 2.45) is 0 Å². The number of nitrogens with zero attached hydrogens (tertiary/aromatic N) is 1. The van der Waals surface area contributed by atoms with Crippen LogP contribution in [0.3, 0.4) is 0 Å². The summed E-state index contributed by atoms with van der Waals surface area (Å²) in [5.41, 5.74) is 7.61. The Bertz CT molecular complexity index is 269. The smallest absolute Gasteiger partial charge is 0.119 e. The van der Waals surface area contributed by atoms with Gasteiger partial charge in [0.25, 0.3) is 0 Å². The fourth-order valence-corrected chi connectivity index (χ4v) is 1.34. The van der Waals surface area contributed by atoms with Gasteiger partial charge in [-0.3, -0.25) is 0 Å². The van der Waals surface area contributed by atoms with E-state index < -0.39 is 0 Å². The van der Waals surface area contributed by atoms with E-state index in [1.54, 1.807) is 0 Å². The second kappa shape index (κ2) is 3.03. The fraction of sp³-hybridized carbons (Fsp3) is 0.333. The zero-order valence-electron chi connectivity index (χ0n) is 6.86. The molecule has 1 aromatic rings. The number of rotatable bonds is 1. The van der Waals surface area contributed by atoms with Crippen molar-refractivity contribution in [2.45, 2.75) is 0 Å². The number of benzene rings is 1. The van der Waals surface area contributed by atoms with Crippen LogP contribution in [0.4, 0.5) is 11.4 Å². The van der Waals surface area contributed by atoms with E-state index in [1.807, 2.05) is 24.3 Å². The predicted octanol–water partition coefficient (Wildman–Crippen LogP) is 1.06. The maximum atomic E-state index is 5.66. The molecule has 0 saturated carbocycles. The Hall–Kier alpha value is -1.22. The standard InChI is InChI=1S/C9H12N2O/c10-8-2-1-3-9(6-8)11-4-5-12-7-11/h1-3,6H,4-5,7,10H2. The van der Waals surface area contributed by atoms with Crippen molar-refractivity contribution < 1.29 is 4.74 Å². The summed E-state index contributed by atoms with van der Waals surface area (Å²) >= 11 is 0. The van der Waals surface area contributed by atoms with Gasteiger partial charge in [0.05, 0.1) is 6.61 Å². The van der Waals surface area contributed by atoms with Crippen molar-refractivity contribution in [1.82, 2.24) is 0 Å². The summed E-state index contributed by atoms with van der Waals surface area (Å²) in [6.07, 6.45) is 0. The molecule has 1 heterocycles. The van der Waals surface area contributed by atoms with Gasteiger partial charge in [0.15, 0.2) is 0 Å². The van der Waals surface area contributed by atoms with Crippen molar-refractivity contribution in [3.05, 3.63) is 24.3 Å². The van der Waals surface area contributed by atoms with Crippen molar-refractivity contribution in [3.63, 3.8) is 0 Å². The minimum Gasteiger partial charge on any atom is -0.399 e. The van der Waals surface area contributed by atoms with E-state index in [4.69, 9.17) is 10.5 Å². The molecule has 0 radical (unpaired) electrons. The first-order valence-corrected chi connectivity index (χ1v) is 4.04. The Morgan fingerprint density at radius 1 is 1.42 bits per heavy atom. The second-order valence-corrected chi connectivity index (χ2v) is 2.90. The Labute approximate surface area is 71.7 Å². The molecule has 3 heteroatoms. The lowest BCUT2D eigenvalue weighted by atomic mass is 10.2. The average molecular weight is 164 g/mol. The highest BCUT2D eigenvalue weighted by molar-refractivity contribution is 5.55. The highest BCUT2D eigenvalue weighted by atomic mass is 16.5. The number of anilines is 2. The normalized spacial score (nSPS) is 16.8. The SMILES string of the molecule is Nc1cccc(N2CCOC2)c1. The fourth-order valence-electron chi connectivity index (χ4n) is 1.34. The van der Waals surface area contributed by atoms with E-state index in [-0.39, 0.29) is 0 Å². The third-order valence-electron chi connectivity index (χ3n) is 1.99. The van der Waals surface area contributed by atoms with Gasteiger partial charge in [-0.15, -0.1) is 0 Å². The van der Waals surface area contributed by atoms with Crippen LogP contribution in [0, 0.1) is 0 Å². The zero-order valence-corrected chi connectivity index (χ0v) is 6.86. The largest absolute Gasteiger partial charge is 0.399 e. The number of nitrogen functional groups attached to an aromatic ring is 1. The Kier molecular flexibility index (Phi) is 1.87. The summed E-state index contributed by atoms with van der Waals surface area (Å²) in [6, 6.07) is 7.86. The third-order valence-corrected chi connectivity index (χ3v) is 1.99. The zero-order chi connectivity index (χ0) is 8.39. The molecule has 0 bridgehead atoms. The molecule has 1 aliphatic rings. The molecule has 0 aliphatic carbocycles. The maximum absolute atomic E-state index is 5.66. The van der Waals surface area contributed by atoms with Crippen molar-refractivity contribution in [1.29, 1.82) is 0 Å². The summed E-state index contributed by atoms with van der Waals surface area (Å²) in [6.45, 7) is 2.46. The lowest BCUT2D eigenvalue weighted by molar-refractivity contribution is 0.201. The van der Waals surface area contributed by atoms with Crippen LogP contribution in [0.5, 0.6) is 0 Å². The molecule has 0 unspecified atom stereocenters. The first kappa shape index (κ1) is 7.43. The lowest BCUT2D eigenvalue weighted by Crippen LogP contribution is -2.18. The van der Waals surface area contributed by atoms with Gasteiger partial charge in [0.2, 0.25) is 0 Å². The minimum atomic E-state index is 0.684. The van der Waals surface area contributed by atoms with Crippen LogP contribution in [0.2, 0.25) is 0 Å². The van der Waals surface area contributed by atoms with E-state index in [0.29, 0.717) is 6.73 Å². The van der Waals surface area contributed by atoms with Crippen LogP contribution in [-0.4, -0.2) is 19.9 Å². The van der Waals surface area contributed by atoms with E-state index in [0.717, 1.165) is 24.5 Å². The van der Waals surface area contributed by atoms with Gasteiger partial charge in [-0.2, -0.15) is 0 Å². The number of hydrogen-bond acceptors (Lipinski definition) is 3. The van der Waals surface area contributed by atoms with Crippen LogP contribution in [0.15, 0.2) is 24.3 Å². The van der Waals surface area contributed by atoms with Crippen LogP contribution < -0.4 is 10.6 Å². The van der Waals surface area contributed by atoms with Crippen LogP contribution in [-0.2, 0) is 4.74 Å². The van der Waals surface area contributed by atoms with E-state index >= 15 is 0 Å². The van der Waals surface area contributed by atoms with Gasteiger partial charge >= 0.3 is 0 Å². The van der Waals surface area contributed by atoms with Crippen LogP contribution >= 0.6 is 0 Å². The number of ether oxygens (including phenoxy) is 1. The lowest BCUT2D eigenvalue weighted by Gasteiger charge is -2.15. The highest BCUT2D eigenvalue weighted by Crippen LogP contribution is 2.18. The first-order valence-electron chi connectivity index (χ1n) is 4.04. The molecular formula is C9H12N2O. The van der Waals surface area contributed by atoms with Gasteiger partial charge in [-0.05, 0) is 18.2 Å². The van der Waals surface area contributed by atoms with Crippen molar-refractivity contribution >= 4 is 11.4 Å². The minimum absolute atomic E-state index is 0.684. The van der Waals surface area contributed by atoms with Gasteiger partial charge in [0.1, 0.15) is 6.73 Å². The Balaban J connectivity index is 2.21. The molecule has 1 fully saturated rings. The summed E-state index contributed by atoms with van der Waals surface area (Å²) in [4.78, 5) is 2.16. The van der Waals surface area contributed by atoms with Crippen molar-refractivity contribution in [2.75, 3.05) is 30.5 Å². The average Bonchev–Trinajstić information content (AvgIpc) is 2.56. The number of hydrogen-bond donors (Lipinski definition) is 1. The topological polar surface area (TPSA) is 38.5 Å². The molecular weight excluding hydrogens is 152 g/mol. The first-order chi connectivity index (χ1) is 5.86. The summed E-state index contributed by atoms with van der Waals surface area (Å²) in [5.74, 6) is 0. The Morgan fingerprint density at radius 2 is 2.33 bits per heavy atom. The van der Waals surface area contributed by atoms with E-state index in [2.05, 4.69) is 4.90 Å². The molecule has 1 aliphatic heterocycles. The van der Waals surface area contributed by atoms with Gasteiger partial charge < -0.3 is 15.4 Å². The summed E-state index contributed by atoms with van der Waals surface area (Å²) < 4.78 is 5.24. The summed E-state index contributed by atoms with van der Waals surface area (Å²) in [5, 5.41) is 0. The number of nitrogens with two attached hydrogens (primary N) is 1. The van der Waals surface area contributed by atoms with E-state index in [9.17, 15) is 0 Å². The molecule has 0 aromatic heterocycles. The molecule has 2 rings (SSSR count). The predicted molar refractivity (Wildman–Crippen MR) is 49.0 cm³/mol. The van der Waals surface area contributed by atoms with Gasteiger partial charge in [0, 0.05) is 17.9 Å². The molecule has 0 amide bonds. The summed E-state index contributed by atoms with van der Waals surface area (Å²) in [7, 11) is 0. The van der Waals surface area contributed by atoms with Crippen molar-refractivity contribution in [3.8, 4) is 0 Å². The maximum Gasteiger partial charge on any atom is 0.119 e. The third kappa shape index (κ3) is 1.36. The van der Waals surface area contributed by atoms with Crippen LogP contribution in [0.1, 0.15) is 0 Å². The molecule has 0 spiro atoms. The molecule has 0 atom stereocenters.